The number of halogens is 3. The van der Waals surface area contributed by atoms with Crippen molar-refractivity contribution in [3.8, 4) is 0 Å². The van der Waals surface area contributed by atoms with Crippen molar-refractivity contribution >= 4 is 29.9 Å². The number of nitrogens with zero attached hydrogens (tertiary/aromatic N) is 1. The molecule has 0 saturated carbocycles. The van der Waals surface area contributed by atoms with Crippen LogP contribution in [-0.4, -0.2) is 50.1 Å². The van der Waals surface area contributed by atoms with Gasteiger partial charge in [-0.15, -0.1) is 12.4 Å². The number of nitrogens with one attached hydrogen (secondary N) is 2. The Morgan fingerprint density at radius 1 is 1.03 bits per heavy atom. The summed E-state index contributed by atoms with van der Waals surface area (Å²) in [5.41, 5.74) is 0.301. The fourth-order valence-electron chi connectivity index (χ4n) is 2.47. The van der Waals surface area contributed by atoms with Crippen molar-refractivity contribution < 1.29 is 23.1 Å². The molecule has 2 rings (SSSR count). The van der Waals surface area contributed by atoms with Crippen molar-refractivity contribution in [2.75, 3.05) is 38.7 Å². The fraction of sp³-hybridized carbons (Fsp3) is 0.300. The van der Waals surface area contributed by atoms with E-state index < -0.39 is 17.5 Å². The zero-order valence-electron chi connectivity index (χ0n) is 16.0. The summed E-state index contributed by atoms with van der Waals surface area (Å²) in [6.07, 6.45) is 0. The number of ether oxygens (including phenoxy) is 1. The smallest absolute Gasteiger partial charge is 0.244 e. The van der Waals surface area contributed by atoms with E-state index in [0.29, 0.717) is 13.2 Å². The molecule has 158 valence electrons. The third-order valence-corrected chi connectivity index (χ3v) is 3.91. The lowest BCUT2D eigenvalue weighted by Crippen LogP contribution is -2.42. The molecule has 9 heteroatoms. The zero-order chi connectivity index (χ0) is 20.4. The summed E-state index contributed by atoms with van der Waals surface area (Å²) in [4.78, 5) is 26.1. The number of carbonyl (C=O) groups is 2. The molecule has 29 heavy (non-hydrogen) atoms. The van der Waals surface area contributed by atoms with Crippen LogP contribution >= 0.6 is 12.4 Å². The van der Waals surface area contributed by atoms with Crippen molar-refractivity contribution in [3.63, 3.8) is 0 Å². The van der Waals surface area contributed by atoms with Gasteiger partial charge in [-0.1, -0.05) is 30.3 Å². The Morgan fingerprint density at radius 2 is 1.69 bits per heavy atom. The Balaban J connectivity index is 0.00000420. The molecule has 6 nitrogen and oxygen atoms in total. The highest BCUT2D eigenvalue weighted by Crippen LogP contribution is 2.13. The van der Waals surface area contributed by atoms with Gasteiger partial charge in [-0.05, 0) is 18.2 Å². The van der Waals surface area contributed by atoms with Gasteiger partial charge in [-0.25, -0.2) is 8.78 Å². The molecule has 0 bridgehead atoms. The number of anilines is 1. The first kappa shape index (κ1) is 24.5. The lowest BCUT2D eigenvalue weighted by atomic mass is 10.2. The van der Waals surface area contributed by atoms with Gasteiger partial charge in [0.1, 0.15) is 18.2 Å². The molecule has 0 aliphatic carbocycles. The number of amides is 2. The monoisotopic (exact) mass is 427 g/mol. The molecule has 0 atom stereocenters. The Labute approximate surface area is 174 Å². The Hall–Kier alpha value is -2.55. The first-order valence-electron chi connectivity index (χ1n) is 8.76. The molecule has 0 aromatic heterocycles. The Bertz CT molecular complexity index is 808. The highest BCUT2D eigenvalue weighted by atomic mass is 35.5. The number of benzene rings is 2. The van der Waals surface area contributed by atoms with E-state index in [0.717, 1.165) is 0 Å². The predicted molar refractivity (Wildman–Crippen MR) is 109 cm³/mol. The van der Waals surface area contributed by atoms with Gasteiger partial charge in [-0.3, -0.25) is 9.59 Å². The lowest BCUT2D eigenvalue weighted by molar-refractivity contribution is -0.134. The van der Waals surface area contributed by atoms with E-state index in [9.17, 15) is 18.4 Å². The third-order valence-electron chi connectivity index (χ3n) is 3.91. The van der Waals surface area contributed by atoms with Crippen molar-refractivity contribution in [1.82, 2.24) is 10.2 Å². The second-order valence-corrected chi connectivity index (χ2v) is 6.04. The van der Waals surface area contributed by atoms with E-state index in [-0.39, 0.29) is 49.2 Å². The highest BCUT2D eigenvalue weighted by molar-refractivity contribution is 5.94. The normalized spacial score (nSPS) is 10.2. The second kappa shape index (κ2) is 12.8. The molecule has 2 aromatic carbocycles. The van der Waals surface area contributed by atoms with E-state index in [1.54, 1.807) is 31.4 Å². The molecule has 2 amide bonds. The van der Waals surface area contributed by atoms with Crippen molar-refractivity contribution in [3.05, 3.63) is 65.7 Å². The topological polar surface area (TPSA) is 70.7 Å². The van der Waals surface area contributed by atoms with Crippen LogP contribution in [0.15, 0.2) is 48.5 Å². The summed E-state index contributed by atoms with van der Waals surface area (Å²) in [5.74, 6) is -2.01. The maximum atomic E-state index is 14.0. The van der Waals surface area contributed by atoms with E-state index in [2.05, 4.69) is 10.6 Å². The maximum absolute atomic E-state index is 14.0. The molecular weight excluding hydrogens is 404 g/mol. The molecule has 0 unspecified atom stereocenters. The largest absolute Gasteiger partial charge is 0.383 e. The highest BCUT2D eigenvalue weighted by Gasteiger charge is 2.19. The SMILES string of the molecule is COCCNCC(=O)N(CC(=O)Nc1ccccc1F)Cc1ccccc1F.Cl. The first-order valence-corrected chi connectivity index (χ1v) is 8.76. The molecule has 0 heterocycles. The van der Waals surface area contributed by atoms with Gasteiger partial charge >= 0.3 is 0 Å². The standard InChI is InChI=1S/C20H23F2N3O3.ClH/c1-28-11-10-23-12-20(27)25(13-15-6-2-3-7-16(15)21)14-19(26)24-18-9-5-4-8-17(18)22;/h2-9,23H,10-14H2,1H3,(H,24,26);1H. The average Bonchev–Trinajstić information content (AvgIpc) is 2.68. The fourth-order valence-corrected chi connectivity index (χ4v) is 2.47. The summed E-state index contributed by atoms with van der Waals surface area (Å²) in [6.45, 7) is 0.423. The molecule has 0 spiro atoms. The molecule has 0 saturated heterocycles. The maximum Gasteiger partial charge on any atom is 0.244 e. The van der Waals surface area contributed by atoms with E-state index in [1.807, 2.05) is 0 Å². The quantitative estimate of drug-likeness (QED) is 0.572. The van der Waals surface area contributed by atoms with Crippen LogP contribution in [0.1, 0.15) is 5.56 Å². The molecule has 2 aromatic rings. The summed E-state index contributed by atoms with van der Waals surface area (Å²) < 4.78 is 32.6. The number of hydrogen-bond donors (Lipinski definition) is 2. The number of para-hydroxylation sites is 1. The predicted octanol–water partition coefficient (Wildman–Crippen LogP) is 2.59. The molecular formula is C20H24ClF2N3O3. The Kier molecular flexibility index (Phi) is 10.8. The minimum absolute atomic E-state index is 0. The van der Waals surface area contributed by atoms with Crippen LogP contribution in [0, 0.1) is 11.6 Å². The average molecular weight is 428 g/mol. The summed E-state index contributed by atoms with van der Waals surface area (Å²) in [5, 5.41) is 5.33. The number of methoxy groups -OCH3 is 1. The van der Waals surface area contributed by atoms with Crippen molar-refractivity contribution in [2.45, 2.75) is 6.54 Å². The van der Waals surface area contributed by atoms with Gasteiger partial charge < -0.3 is 20.3 Å². The molecule has 0 fully saturated rings. The van der Waals surface area contributed by atoms with Crippen LogP contribution in [0.25, 0.3) is 0 Å². The third kappa shape index (κ3) is 8.15. The first-order chi connectivity index (χ1) is 13.5. The van der Waals surface area contributed by atoms with Gasteiger partial charge in [0, 0.05) is 25.8 Å². The van der Waals surface area contributed by atoms with E-state index in [4.69, 9.17) is 4.74 Å². The van der Waals surface area contributed by atoms with Gasteiger partial charge in [0.15, 0.2) is 0 Å². The Morgan fingerprint density at radius 3 is 2.34 bits per heavy atom. The second-order valence-electron chi connectivity index (χ2n) is 6.04. The summed E-state index contributed by atoms with van der Waals surface area (Å²) in [6, 6.07) is 11.8. The molecule has 0 aliphatic rings. The van der Waals surface area contributed by atoms with Crippen LogP contribution in [0.2, 0.25) is 0 Å². The molecule has 2 N–H and O–H groups in total. The van der Waals surface area contributed by atoms with Gasteiger partial charge in [0.25, 0.3) is 0 Å². The minimum atomic E-state index is -0.580. The summed E-state index contributed by atoms with van der Waals surface area (Å²) in [7, 11) is 1.54. The van der Waals surface area contributed by atoms with Crippen molar-refractivity contribution in [1.29, 1.82) is 0 Å². The number of rotatable bonds is 10. The number of carbonyl (C=O) groups excluding carboxylic acids is 2. The lowest BCUT2D eigenvalue weighted by Gasteiger charge is -2.23. The molecule has 0 radical (unpaired) electrons. The van der Waals surface area contributed by atoms with Gasteiger partial charge in [0.05, 0.1) is 18.8 Å². The van der Waals surface area contributed by atoms with Crippen LogP contribution in [0.3, 0.4) is 0 Å². The minimum Gasteiger partial charge on any atom is -0.383 e. The summed E-state index contributed by atoms with van der Waals surface area (Å²) >= 11 is 0. The van der Waals surface area contributed by atoms with E-state index >= 15 is 0 Å². The van der Waals surface area contributed by atoms with Gasteiger partial charge in [-0.2, -0.15) is 0 Å². The van der Waals surface area contributed by atoms with Crippen LogP contribution in [0.4, 0.5) is 14.5 Å². The van der Waals surface area contributed by atoms with Crippen molar-refractivity contribution in [2.24, 2.45) is 0 Å². The van der Waals surface area contributed by atoms with E-state index in [1.165, 1.54) is 29.2 Å². The van der Waals surface area contributed by atoms with Crippen LogP contribution in [0.5, 0.6) is 0 Å². The zero-order valence-corrected chi connectivity index (χ0v) is 16.8. The van der Waals surface area contributed by atoms with Crippen LogP contribution in [-0.2, 0) is 20.9 Å². The number of hydrogen-bond acceptors (Lipinski definition) is 4. The molecule has 0 aliphatic heterocycles. The van der Waals surface area contributed by atoms with Crippen LogP contribution < -0.4 is 10.6 Å². The van der Waals surface area contributed by atoms with Gasteiger partial charge in [0.2, 0.25) is 11.8 Å².